The third-order valence-corrected chi connectivity index (χ3v) is 3.83. The van der Waals surface area contributed by atoms with E-state index in [0.29, 0.717) is 23.7 Å². The van der Waals surface area contributed by atoms with Gasteiger partial charge in [0.05, 0.1) is 16.6 Å². The molecule has 1 saturated heterocycles. The van der Waals surface area contributed by atoms with Gasteiger partial charge in [-0.3, -0.25) is 9.59 Å². The zero-order chi connectivity index (χ0) is 14.5. The van der Waals surface area contributed by atoms with Gasteiger partial charge in [-0.25, -0.2) is 0 Å². The Morgan fingerprint density at radius 1 is 1.45 bits per heavy atom. The van der Waals surface area contributed by atoms with Gasteiger partial charge in [0.25, 0.3) is 0 Å². The number of halogens is 1. The molecule has 0 bridgehead atoms. The van der Waals surface area contributed by atoms with Crippen LogP contribution in [0.5, 0.6) is 0 Å². The number of hydrogen-bond donors (Lipinski definition) is 1. The van der Waals surface area contributed by atoms with E-state index < -0.39 is 0 Å². The summed E-state index contributed by atoms with van der Waals surface area (Å²) >= 11 is 6.01. The van der Waals surface area contributed by atoms with Crippen molar-refractivity contribution in [2.75, 3.05) is 18.4 Å². The zero-order valence-electron chi connectivity index (χ0n) is 11.6. The smallest absolute Gasteiger partial charge is 0.229 e. The van der Waals surface area contributed by atoms with Crippen LogP contribution in [-0.4, -0.2) is 29.8 Å². The molecule has 2 amide bonds. The van der Waals surface area contributed by atoms with Crippen LogP contribution in [0, 0.1) is 5.92 Å². The van der Waals surface area contributed by atoms with Gasteiger partial charge in [0.15, 0.2) is 0 Å². The van der Waals surface area contributed by atoms with E-state index in [1.54, 1.807) is 17.0 Å². The second-order valence-electron chi connectivity index (χ2n) is 5.06. The first-order valence-electron chi connectivity index (χ1n) is 6.95. The van der Waals surface area contributed by atoms with Crippen molar-refractivity contribution in [3.8, 4) is 0 Å². The van der Waals surface area contributed by atoms with Gasteiger partial charge in [-0.05, 0) is 18.6 Å². The van der Waals surface area contributed by atoms with Gasteiger partial charge < -0.3 is 10.2 Å². The van der Waals surface area contributed by atoms with Crippen LogP contribution >= 0.6 is 11.6 Å². The maximum Gasteiger partial charge on any atom is 0.229 e. The predicted molar refractivity (Wildman–Crippen MR) is 79.7 cm³/mol. The first-order chi connectivity index (χ1) is 9.61. The lowest BCUT2D eigenvalue weighted by molar-refractivity contribution is -0.128. The minimum atomic E-state index is -0.282. The lowest BCUT2D eigenvalue weighted by Crippen LogP contribution is -2.29. The molecule has 0 spiro atoms. The summed E-state index contributed by atoms with van der Waals surface area (Å²) in [4.78, 5) is 25.8. The molecular formula is C15H19ClN2O2. The Morgan fingerprint density at radius 2 is 2.20 bits per heavy atom. The van der Waals surface area contributed by atoms with E-state index in [2.05, 4.69) is 12.2 Å². The molecule has 1 aromatic rings. The van der Waals surface area contributed by atoms with E-state index in [1.165, 1.54) is 0 Å². The Kier molecular flexibility index (Phi) is 5.01. The number of carbonyl (C=O) groups is 2. The first-order valence-corrected chi connectivity index (χ1v) is 7.32. The number of nitrogens with zero attached hydrogens (tertiary/aromatic N) is 1. The number of rotatable bonds is 5. The van der Waals surface area contributed by atoms with Gasteiger partial charge in [0.1, 0.15) is 0 Å². The summed E-state index contributed by atoms with van der Waals surface area (Å²) < 4.78 is 0. The molecule has 2 rings (SSSR count). The molecule has 20 heavy (non-hydrogen) atoms. The predicted octanol–water partition coefficient (Wildman–Crippen LogP) is 2.93. The van der Waals surface area contributed by atoms with E-state index >= 15 is 0 Å². The minimum Gasteiger partial charge on any atom is -0.342 e. The summed E-state index contributed by atoms with van der Waals surface area (Å²) in [6, 6.07) is 7.11. The Labute approximate surface area is 124 Å². The normalized spacial score (nSPS) is 18.4. The number of nitrogens with one attached hydrogen (secondary N) is 1. The number of benzene rings is 1. The van der Waals surface area contributed by atoms with Crippen LogP contribution < -0.4 is 5.32 Å². The highest BCUT2D eigenvalue weighted by Crippen LogP contribution is 2.24. The van der Waals surface area contributed by atoms with E-state index in [4.69, 9.17) is 11.6 Å². The van der Waals surface area contributed by atoms with Crippen LogP contribution in [0.15, 0.2) is 24.3 Å². The minimum absolute atomic E-state index is 0.0674. The second-order valence-corrected chi connectivity index (χ2v) is 5.47. The molecule has 1 atom stereocenters. The van der Waals surface area contributed by atoms with Crippen molar-refractivity contribution in [3.63, 3.8) is 0 Å². The first kappa shape index (κ1) is 14.9. The van der Waals surface area contributed by atoms with Gasteiger partial charge in [0, 0.05) is 19.5 Å². The van der Waals surface area contributed by atoms with Crippen molar-refractivity contribution < 1.29 is 9.59 Å². The van der Waals surface area contributed by atoms with Crippen molar-refractivity contribution >= 4 is 29.1 Å². The van der Waals surface area contributed by atoms with Gasteiger partial charge >= 0.3 is 0 Å². The summed E-state index contributed by atoms with van der Waals surface area (Å²) in [6.07, 6.45) is 2.31. The van der Waals surface area contributed by atoms with Crippen LogP contribution in [0.1, 0.15) is 26.2 Å². The molecule has 1 fully saturated rings. The highest BCUT2D eigenvalue weighted by atomic mass is 35.5. The van der Waals surface area contributed by atoms with Gasteiger partial charge in [-0.15, -0.1) is 0 Å². The topological polar surface area (TPSA) is 49.4 Å². The lowest BCUT2D eigenvalue weighted by atomic mass is 10.1. The monoisotopic (exact) mass is 294 g/mol. The number of hydrogen-bond acceptors (Lipinski definition) is 2. The summed E-state index contributed by atoms with van der Waals surface area (Å²) in [7, 11) is 0. The quantitative estimate of drug-likeness (QED) is 0.908. The summed E-state index contributed by atoms with van der Waals surface area (Å²) in [5.74, 6) is -0.348. The average Bonchev–Trinajstić information content (AvgIpc) is 2.80. The SMILES string of the molecule is CCCCN1C[C@H](C(=O)Nc2ccccc2Cl)CC1=O. The van der Waals surface area contributed by atoms with Crippen molar-refractivity contribution in [3.05, 3.63) is 29.3 Å². The number of likely N-dealkylation sites (tertiary alicyclic amines) is 1. The van der Waals surface area contributed by atoms with Crippen LogP contribution in [0.3, 0.4) is 0 Å². The fourth-order valence-electron chi connectivity index (χ4n) is 2.31. The van der Waals surface area contributed by atoms with E-state index in [1.807, 2.05) is 12.1 Å². The third-order valence-electron chi connectivity index (χ3n) is 3.50. The van der Waals surface area contributed by atoms with Gasteiger partial charge in [-0.1, -0.05) is 37.1 Å². The highest BCUT2D eigenvalue weighted by molar-refractivity contribution is 6.33. The van der Waals surface area contributed by atoms with Crippen molar-refractivity contribution in [1.82, 2.24) is 4.90 Å². The maximum atomic E-state index is 12.2. The molecule has 0 radical (unpaired) electrons. The number of para-hydroxylation sites is 1. The Bertz CT molecular complexity index is 504. The standard InChI is InChI=1S/C15H19ClN2O2/c1-2-3-8-18-10-11(9-14(18)19)15(20)17-13-7-5-4-6-12(13)16/h4-7,11H,2-3,8-10H2,1H3,(H,17,20)/t11-/m1/s1. The number of carbonyl (C=O) groups excluding carboxylic acids is 2. The molecule has 0 aromatic heterocycles. The maximum absolute atomic E-state index is 12.2. The molecule has 1 aromatic carbocycles. The van der Waals surface area contributed by atoms with Gasteiger partial charge in [-0.2, -0.15) is 0 Å². The van der Waals surface area contributed by atoms with Crippen LogP contribution in [-0.2, 0) is 9.59 Å². The Morgan fingerprint density at radius 3 is 2.90 bits per heavy atom. The molecule has 1 aliphatic heterocycles. The lowest BCUT2D eigenvalue weighted by Gasteiger charge is -2.16. The fraction of sp³-hybridized carbons (Fsp3) is 0.467. The van der Waals surface area contributed by atoms with Gasteiger partial charge in [0.2, 0.25) is 11.8 Å². The molecule has 1 N–H and O–H groups in total. The molecule has 0 unspecified atom stereocenters. The van der Waals surface area contributed by atoms with Crippen LogP contribution in [0.2, 0.25) is 5.02 Å². The second kappa shape index (κ2) is 6.75. The average molecular weight is 295 g/mol. The molecule has 4 nitrogen and oxygen atoms in total. The van der Waals surface area contributed by atoms with E-state index in [9.17, 15) is 9.59 Å². The molecule has 1 heterocycles. The molecule has 108 valence electrons. The number of amides is 2. The molecule has 0 saturated carbocycles. The van der Waals surface area contributed by atoms with Crippen molar-refractivity contribution in [2.45, 2.75) is 26.2 Å². The summed E-state index contributed by atoms with van der Waals surface area (Å²) in [5.41, 5.74) is 0.596. The fourth-order valence-corrected chi connectivity index (χ4v) is 2.49. The number of anilines is 1. The van der Waals surface area contributed by atoms with Crippen molar-refractivity contribution in [1.29, 1.82) is 0 Å². The molecule has 1 aliphatic rings. The van der Waals surface area contributed by atoms with Crippen molar-refractivity contribution in [2.24, 2.45) is 5.92 Å². The van der Waals surface area contributed by atoms with Crippen LogP contribution in [0.4, 0.5) is 5.69 Å². The van der Waals surface area contributed by atoms with E-state index in [0.717, 1.165) is 19.4 Å². The Balaban J connectivity index is 1.94. The number of unbranched alkanes of at least 4 members (excludes halogenated alkanes) is 1. The largest absolute Gasteiger partial charge is 0.342 e. The summed E-state index contributed by atoms with van der Waals surface area (Å²) in [5, 5.41) is 3.31. The zero-order valence-corrected chi connectivity index (χ0v) is 12.3. The van der Waals surface area contributed by atoms with E-state index in [-0.39, 0.29) is 17.7 Å². The molecule has 0 aliphatic carbocycles. The molecular weight excluding hydrogens is 276 g/mol. The Hall–Kier alpha value is -1.55. The highest BCUT2D eigenvalue weighted by Gasteiger charge is 2.33. The molecule has 5 heteroatoms. The summed E-state index contributed by atoms with van der Waals surface area (Å²) in [6.45, 7) is 3.34. The van der Waals surface area contributed by atoms with Crippen LogP contribution in [0.25, 0.3) is 0 Å². The third kappa shape index (κ3) is 3.51.